The molecule has 86 valence electrons. The number of pyridine rings is 1. The summed E-state index contributed by atoms with van der Waals surface area (Å²) in [4.78, 5) is 15.4. The van der Waals surface area contributed by atoms with E-state index in [-0.39, 0.29) is 11.0 Å². The number of amides is 1. The van der Waals surface area contributed by atoms with Crippen LogP contribution < -0.4 is 10.6 Å². The van der Waals surface area contributed by atoms with E-state index in [2.05, 4.69) is 15.6 Å². The van der Waals surface area contributed by atoms with Crippen molar-refractivity contribution in [1.82, 2.24) is 15.6 Å². The average Bonchev–Trinajstić information content (AvgIpc) is 2.30. The number of carbonyl (C=O) groups excluding carboxylic acids is 1. The van der Waals surface area contributed by atoms with Gasteiger partial charge in [-0.3, -0.25) is 15.1 Å². The summed E-state index contributed by atoms with van der Waals surface area (Å²) < 4.78 is 4.84. The molecule has 1 amide bonds. The van der Waals surface area contributed by atoms with Gasteiger partial charge >= 0.3 is 0 Å². The van der Waals surface area contributed by atoms with E-state index in [1.807, 2.05) is 0 Å². The van der Waals surface area contributed by atoms with Gasteiger partial charge in [0.1, 0.15) is 0 Å². The Morgan fingerprint density at radius 2 is 2.44 bits per heavy atom. The zero-order valence-electron chi connectivity index (χ0n) is 8.90. The van der Waals surface area contributed by atoms with Crippen LogP contribution in [0.4, 0.5) is 0 Å². The number of hydrogen-bond donors (Lipinski definition) is 2. The average molecular weight is 239 g/mol. The van der Waals surface area contributed by atoms with Crippen LogP contribution in [0.2, 0.25) is 0 Å². The predicted molar refractivity (Wildman–Crippen MR) is 64.2 cm³/mol. The highest BCUT2D eigenvalue weighted by molar-refractivity contribution is 7.80. The maximum absolute atomic E-state index is 11.6. The summed E-state index contributed by atoms with van der Waals surface area (Å²) in [5.74, 6) is -0.275. The lowest BCUT2D eigenvalue weighted by molar-refractivity contribution is 0.0976. The smallest absolute Gasteiger partial charge is 0.258 e. The predicted octanol–water partition coefficient (Wildman–Crippen LogP) is 0.332. The fourth-order valence-corrected chi connectivity index (χ4v) is 1.18. The second-order valence-corrected chi connectivity index (χ2v) is 3.35. The van der Waals surface area contributed by atoms with E-state index in [0.29, 0.717) is 18.7 Å². The van der Waals surface area contributed by atoms with Crippen LogP contribution in [0, 0.1) is 0 Å². The van der Waals surface area contributed by atoms with Crippen LogP contribution in [0.5, 0.6) is 0 Å². The van der Waals surface area contributed by atoms with E-state index in [4.69, 9.17) is 17.0 Å². The van der Waals surface area contributed by atoms with Crippen molar-refractivity contribution < 1.29 is 9.53 Å². The number of aromatic nitrogens is 1. The highest BCUT2D eigenvalue weighted by atomic mass is 32.1. The van der Waals surface area contributed by atoms with Crippen LogP contribution in [0.15, 0.2) is 24.5 Å². The molecule has 0 unspecified atom stereocenters. The summed E-state index contributed by atoms with van der Waals surface area (Å²) in [6.07, 6.45) is 3.08. The van der Waals surface area contributed by atoms with E-state index in [1.165, 1.54) is 6.20 Å². The quantitative estimate of drug-likeness (QED) is 0.586. The molecular weight excluding hydrogens is 226 g/mol. The van der Waals surface area contributed by atoms with Gasteiger partial charge in [0.2, 0.25) is 0 Å². The Kier molecular flexibility index (Phi) is 5.38. The van der Waals surface area contributed by atoms with Crippen LogP contribution in [0.1, 0.15) is 10.4 Å². The van der Waals surface area contributed by atoms with Gasteiger partial charge in [0.05, 0.1) is 12.2 Å². The van der Waals surface area contributed by atoms with Gasteiger partial charge in [-0.2, -0.15) is 0 Å². The minimum atomic E-state index is -0.275. The van der Waals surface area contributed by atoms with Gasteiger partial charge in [-0.1, -0.05) is 0 Å². The minimum absolute atomic E-state index is 0.275. The van der Waals surface area contributed by atoms with Gasteiger partial charge in [-0.15, -0.1) is 0 Å². The molecule has 1 aromatic heterocycles. The van der Waals surface area contributed by atoms with Crippen molar-refractivity contribution >= 4 is 23.2 Å². The van der Waals surface area contributed by atoms with Gasteiger partial charge in [0, 0.05) is 26.0 Å². The SMILES string of the molecule is COCCNC(=S)NC(=O)c1cccnc1. The third-order valence-corrected chi connectivity index (χ3v) is 1.99. The molecule has 0 fully saturated rings. The molecule has 0 saturated heterocycles. The maximum atomic E-state index is 11.6. The second-order valence-electron chi connectivity index (χ2n) is 2.94. The van der Waals surface area contributed by atoms with Crippen LogP contribution in [0.25, 0.3) is 0 Å². The van der Waals surface area contributed by atoms with Crippen LogP contribution in [0.3, 0.4) is 0 Å². The first-order valence-electron chi connectivity index (χ1n) is 4.72. The zero-order valence-corrected chi connectivity index (χ0v) is 9.71. The van der Waals surface area contributed by atoms with Crippen molar-refractivity contribution in [3.8, 4) is 0 Å². The van der Waals surface area contributed by atoms with Gasteiger partial charge in [-0.25, -0.2) is 0 Å². The number of carbonyl (C=O) groups is 1. The number of ether oxygens (including phenoxy) is 1. The molecule has 0 bridgehead atoms. The molecule has 5 nitrogen and oxygen atoms in total. The first-order valence-corrected chi connectivity index (χ1v) is 5.13. The summed E-state index contributed by atoms with van der Waals surface area (Å²) in [6, 6.07) is 3.36. The topological polar surface area (TPSA) is 63.2 Å². The van der Waals surface area contributed by atoms with Crippen molar-refractivity contribution in [2.45, 2.75) is 0 Å². The number of nitrogens with one attached hydrogen (secondary N) is 2. The summed E-state index contributed by atoms with van der Waals surface area (Å²) in [7, 11) is 1.60. The Morgan fingerprint density at radius 3 is 3.06 bits per heavy atom. The number of thiocarbonyl (C=S) groups is 1. The van der Waals surface area contributed by atoms with E-state index < -0.39 is 0 Å². The van der Waals surface area contributed by atoms with Gasteiger partial charge in [-0.05, 0) is 24.4 Å². The maximum Gasteiger partial charge on any atom is 0.258 e. The Bertz CT molecular complexity index is 356. The Hall–Kier alpha value is -1.53. The molecule has 0 radical (unpaired) electrons. The van der Waals surface area contributed by atoms with E-state index >= 15 is 0 Å². The van der Waals surface area contributed by atoms with E-state index in [1.54, 1.807) is 25.4 Å². The Labute approximate surface area is 99.2 Å². The van der Waals surface area contributed by atoms with Crippen LogP contribution >= 0.6 is 12.2 Å². The summed E-state index contributed by atoms with van der Waals surface area (Å²) in [5, 5.41) is 5.66. The lowest BCUT2D eigenvalue weighted by atomic mass is 10.3. The van der Waals surface area contributed by atoms with Crippen molar-refractivity contribution in [2.75, 3.05) is 20.3 Å². The lowest BCUT2D eigenvalue weighted by Gasteiger charge is -2.08. The van der Waals surface area contributed by atoms with E-state index in [9.17, 15) is 4.79 Å². The Morgan fingerprint density at radius 1 is 1.62 bits per heavy atom. The fraction of sp³-hybridized carbons (Fsp3) is 0.300. The van der Waals surface area contributed by atoms with Crippen molar-refractivity contribution in [3.63, 3.8) is 0 Å². The van der Waals surface area contributed by atoms with Crippen LogP contribution in [-0.4, -0.2) is 36.3 Å². The molecule has 1 aromatic rings. The third-order valence-electron chi connectivity index (χ3n) is 1.74. The number of nitrogens with zero attached hydrogens (tertiary/aromatic N) is 1. The number of methoxy groups -OCH3 is 1. The van der Waals surface area contributed by atoms with E-state index in [0.717, 1.165) is 0 Å². The summed E-state index contributed by atoms with van der Waals surface area (Å²) >= 11 is 4.92. The number of rotatable bonds is 4. The minimum Gasteiger partial charge on any atom is -0.383 e. The first-order chi connectivity index (χ1) is 7.74. The van der Waals surface area contributed by atoms with Crippen molar-refractivity contribution in [1.29, 1.82) is 0 Å². The van der Waals surface area contributed by atoms with Crippen molar-refractivity contribution in [3.05, 3.63) is 30.1 Å². The lowest BCUT2D eigenvalue weighted by Crippen LogP contribution is -2.40. The highest BCUT2D eigenvalue weighted by Gasteiger charge is 2.06. The largest absolute Gasteiger partial charge is 0.383 e. The van der Waals surface area contributed by atoms with Crippen molar-refractivity contribution in [2.24, 2.45) is 0 Å². The molecule has 0 aliphatic rings. The molecule has 2 N–H and O–H groups in total. The van der Waals surface area contributed by atoms with Gasteiger partial charge in [0.25, 0.3) is 5.91 Å². The Balaban J connectivity index is 2.37. The molecule has 0 aromatic carbocycles. The molecule has 0 aliphatic heterocycles. The molecule has 16 heavy (non-hydrogen) atoms. The summed E-state index contributed by atoms with van der Waals surface area (Å²) in [5.41, 5.74) is 0.471. The number of hydrogen-bond acceptors (Lipinski definition) is 4. The van der Waals surface area contributed by atoms with Gasteiger partial charge in [0.15, 0.2) is 5.11 Å². The molecule has 0 spiro atoms. The second kappa shape index (κ2) is 6.86. The standard InChI is InChI=1S/C10H13N3O2S/c1-15-6-5-12-10(16)13-9(14)8-3-2-4-11-7-8/h2-4,7H,5-6H2,1H3,(H2,12,13,14,16). The monoisotopic (exact) mass is 239 g/mol. The molecule has 0 saturated carbocycles. The molecular formula is C10H13N3O2S. The fourth-order valence-electron chi connectivity index (χ4n) is 0.983. The van der Waals surface area contributed by atoms with Gasteiger partial charge < -0.3 is 10.1 Å². The van der Waals surface area contributed by atoms with Crippen LogP contribution in [-0.2, 0) is 4.74 Å². The third kappa shape index (κ3) is 4.33. The summed E-state index contributed by atoms with van der Waals surface area (Å²) in [6.45, 7) is 1.09. The molecule has 0 aliphatic carbocycles. The molecule has 1 rings (SSSR count). The highest BCUT2D eigenvalue weighted by Crippen LogP contribution is 1.94. The molecule has 6 heteroatoms. The molecule has 1 heterocycles. The zero-order chi connectivity index (χ0) is 11.8. The first kappa shape index (κ1) is 12.5. The molecule has 0 atom stereocenters. The normalized spacial score (nSPS) is 9.56.